The predicted molar refractivity (Wildman–Crippen MR) is 126 cm³/mol. The Kier molecular flexibility index (Phi) is 7.40. The first-order valence-electron chi connectivity index (χ1n) is 11.0. The van der Waals surface area contributed by atoms with Crippen molar-refractivity contribution in [3.63, 3.8) is 0 Å². The molecule has 2 unspecified atom stereocenters. The van der Waals surface area contributed by atoms with Gasteiger partial charge in [0.25, 0.3) is 5.91 Å². The van der Waals surface area contributed by atoms with Crippen LogP contribution >= 0.6 is 11.6 Å². The summed E-state index contributed by atoms with van der Waals surface area (Å²) >= 11 is 6.06. The summed E-state index contributed by atoms with van der Waals surface area (Å²) in [5.74, 6) is 0.348. The van der Waals surface area contributed by atoms with Gasteiger partial charge in [-0.2, -0.15) is 0 Å². The molecule has 0 aliphatic heterocycles. The highest BCUT2D eigenvalue weighted by Gasteiger charge is 2.24. The van der Waals surface area contributed by atoms with Crippen LogP contribution in [0.3, 0.4) is 0 Å². The van der Waals surface area contributed by atoms with Crippen LogP contribution in [0.1, 0.15) is 41.6 Å². The number of rotatable bonds is 7. The maximum atomic E-state index is 12.8. The highest BCUT2D eigenvalue weighted by molar-refractivity contribution is 6.30. The largest absolute Gasteiger partial charge is 0.472 e. The van der Waals surface area contributed by atoms with Crippen molar-refractivity contribution in [1.29, 1.82) is 0 Å². The number of carbonyl (C=O) groups excluding carboxylic acids is 1. The third-order valence-electron chi connectivity index (χ3n) is 5.88. The Morgan fingerprint density at radius 2 is 1.84 bits per heavy atom. The highest BCUT2D eigenvalue weighted by Crippen LogP contribution is 2.31. The zero-order chi connectivity index (χ0) is 22.3. The summed E-state index contributed by atoms with van der Waals surface area (Å²) in [5.41, 5.74) is 3.07. The SMILES string of the molecule is O=C(NCC1CCCCC1O)c1cnc(OCc2ccccc2)c(-c2ccc(Cl)cc2)c1. The Bertz CT molecular complexity index is 1040. The lowest BCUT2D eigenvalue weighted by molar-refractivity contribution is 0.0663. The van der Waals surface area contributed by atoms with Crippen molar-refractivity contribution in [2.75, 3.05) is 6.54 Å². The van der Waals surface area contributed by atoms with Gasteiger partial charge in [0, 0.05) is 29.2 Å². The molecule has 0 radical (unpaired) electrons. The molecule has 166 valence electrons. The van der Waals surface area contributed by atoms with E-state index in [1.54, 1.807) is 18.2 Å². The fourth-order valence-corrected chi connectivity index (χ4v) is 4.13. The number of pyridine rings is 1. The number of nitrogens with zero attached hydrogens (tertiary/aromatic N) is 1. The Morgan fingerprint density at radius 3 is 2.59 bits per heavy atom. The van der Waals surface area contributed by atoms with E-state index in [2.05, 4.69) is 10.3 Å². The zero-order valence-corrected chi connectivity index (χ0v) is 18.6. The van der Waals surface area contributed by atoms with Crippen molar-refractivity contribution in [2.45, 2.75) is 38.4 Å². The summed E-state index contributed by atoms with van der Waals surface area (Å²) in [4.78, 5) is 17.3. The van der Waals surface area contributed by atoms with Gasteiger partial charge in [0.2, 0.25) is 5.88 Å². The fourth-order valence-electron chi connectivity index (χ4n) is 4.01. The number of benzene rings is 2. The lowest BCUT2D eigenvalue weighted by Crippen LogP contribution is -2.36. The van der Waals surface area contributed by atoms with Crippen LogP contribution in [-0.2, 0) is 6.61 Å². The number of aliphatic hydroxyl groups excluding tert-OH is 1. The van der Waals surface area contributed by atoms with E-state index in [-0.39, 0.29) is 17.9 Å². The van der Waals surface area contributed by atoms with Crippen molar-refractivity contribution in [3.05, 3.63) is 83.0 Å². The van der Waals surface area contributed by atoms with E-state index < -0.39 is 0 Å². The molecule has 2 aromatic carbocycles. The lowest BCUT2D eigenvalue weighted by atomic mass is 9.86. The number of aliphatic hydroxyl groups is 1. The van der Waals surface area contributed by atoms with Crippen LogP contribution < -0.4 is 10.1 Å². The van der Waals surface area contributed by atoms with E-state index in [0.29, 0.717) is 29.6 Å². The van der Waals surface area contributed by atoms with E-state index in [0.717, 1.165) is 42.4 Å². The average Bonchev–Trinajstić information content (AvgIpc) is 2.83. The molecule has 1 heterocycles. The number of aromatic nitrogens is 1. The summed E-state index contributed by atoms with van der Waals surface area (Å²) in [6, 6.07) is 19.0. The molecule has 6 heteroatoms. The zero-order valence-electron chi connectivity index (χ0n) is 17.8. The highest BCUT2D eigenvalue weighted by atomic mass is 35.5. The van der Waals surface area contributed by atoms with Crippen molar-refractivity contribution >= 4 is 17.5 Å². The van der Waals surface area contributed by atoms with Gasteiger partial charge < -0.3 is 15.2 Å². The number of hydrogen-bond acceptors (Lipinski definition) is 4. The predicted octanol–water partition coefficient (Wildman–Crippen LogP) is 5.26. The normalized spacial score (nSPS) is 18.2. The molecule has 2 N–H and O–H groups in total. The van der Waals surface area contributed by atoms with Gasteiger partial charge in [0.1, 0.15) is 6.61 Å². The number of ether oxygens (including phenoxy) is 1. The van der Waals surface area contributed by atoms with Gasteiger partial charge in [-0.3, -0.25) is 4.79 Å². The molecule has 1 amide bonds. The first kappa shape index (κ1) is 22.3. The third kappa shape index (κ3) is 5.67. The van der Waals surface area contributed by atoms with Gasteiger partial charge in [-0.25, -0.2) is 4.98 Å². The Labute approximate surface area is 193 Å². The van der Waals surface area contributed by atoms with Crippen molar-refractivity contribution in [1.82, 2.24) is 10.3 Å². The molecular formula is C26H27ClN2O3. The monoisotopic (exact) mass is 450 g/mol. The third-order valence-corrected chi connectivity index (χ3v) is 6.13. The molecule has 0 bridgehead atoms. The van der Waals surface area contributed by atoms with Crippen molar-refractivity contribution < 1.29 is 14.6 Å². The molecular weight excluding hydrogens is 424 g/mol. The number of nitrogens with one attached hydrogen (secondary N) is 1. The number of halogens is 1. The maximum absolute atomic E-state index is 12.8. The van der Waals surface area contributed by atoms with Crippen molar-refractivity contribution in [3.8, 4) is 17.0 Å². The average molecular weight is 451 g/mol. The summed E-state index contributed by atoms with van der Waals surface area (Å²) in [6.07, 6.45) is 5.06. The number of amides is 1. The van der Waals surface area contributed by atoms with Gasteiger partial charge in [-0.1, -0.05) is 66.9 Å². The van der Waals surface area contributed by atoms with Crippen LogP contribution in [0.5, 0.6) is 5.88 Å². The van der Waals surface area contributed by atoms with E-state index in [4.69, 9.17) is 16.3 Å². The van der Waals surface area contributed by atoms with Gasteiger partial charge in [-0.15, -0.1) is 0 Å². The van der Waals surface area contributed by atoms with E-state index in [1.807, 2.05) is 42.5 Å². The molecule has 0 spiro atoms. The minimum Gasteiger partial charge on any atom is -0.472 e. The lowest BCUT2D eigenvalue weighted by Gasteiger charge is -2.27. The summed E-state index contributed by atoms with van der Waals surface area (Å²) in [7, 11) is 0. The topological polar surface area (TPSA) is 71.5 Å². The second-order valence-corrected chi connectivity index (χ2v) is 8.62. The maximum Gasteiger partial charge on any atom is 0.252 e. The van der Waals surface area contributed by atoms with Crippen LogP contribution in [0.25, 0.3) is 11.1 Å². The molecule has 1 fully saturated rings. The molecule has 1 aromatic heterocycles. The Morgan fingerprint density at radius 1 is 1.09 bits per heavy atom. The molecule has 2 atom stereocenters. The molecule has 0 saturated heterocycles. The smallest absolute Gasteiger partial charge is 0.252 e. The summed E-state index contributed by atoms with van der Waals surface area (Å²) < 4.78 is 6.00. The molecule has 1 aliphatic rings. The number of carbonyl (C=O) groups is 1. The minimum absolute atomic E-state index is 0.102. The molecule has 5 nitrogen and oxygen atoms in total. The van der Waals surface area contributed by atoms with Crippen LogP contribution in [0, 0.1) is 5.92 Å². The van der Waals surface area contributed by atoms with Crippen LogP contribution in [0.15, 0.2) is 66.9 Å². The van der Waals surface area contributed by atoms with Gasteiger partial charge in [-0.05, 0) is 42.2 Å². The quantitative estimate of drug-likeness (QED) is 0.515. The fraction of sp³-hybridized carbons (Fsp3) is 0.308. The van der Waals surface area contributed by atoms with Crippen LogP contribution in [0.4, 0.5) is 0 Å². The minimum atomic E-state index is -0.347. The standard InChI is InChI=1S/C26H27ClN2O3/c27-22-12-10-19(11-13-22)23-14-21(25(31)28-15-20-8-4-5-9-24(20)30)16-29-26(23)32-17-18-6-2-1-3-7-18/h1-3,6-7,10-14,16,20,24,30H,4-5,8-9,15,17H2,(H,28,31). The Balaban J connectivity index is 1.53. The van der Waals surface area contributed by atoms with E-state index >= 15 is 0 Å². The second-order valence-electron chi connectivity index (χ2n) is 8.18. The Hall–Kier alpha value is -2.89. The number of hydrogen-bond donors (Lipinski definition) is 2. The van der Waals surface area contributed by atoms with Gasteiger partial charge in [0.15, 0.2) is 0 Å². The second kappa shape index (κ2) is 10.6. The summed E-state index contributed by atoms with van der Waals surface area (Å²) in [6.45, 7) is 0.835. The molecule has 1 saturated carbocycles. The first-order valence-corrected chi connectivity index (χ1v) is 11.4. The molecule has 3 aromatic rings. The summed E-state index contributed by atoms with van der Waals surface area (Å²) in [5, 5.41) is 13.8. The van der Waals surface area contributed by atoms with Gasteiger partial charge in [0.05, 0.1) is 11.7 Å². The van der Waals surface area contributed by atoms with E-state index in [9.17, 15) is 9.90 Å². The van der Waals surface area contributed by atoms with Crippen LogP contribution in [0.2, 0.25) is 5.02 Å². The molecule has 1 aliphatic carbocycles. The molecule has 4 rings (SSSR count). The van der Waals surface area contributed by atoms with Gasteiger partial charge >= 0.3 is 0 Å². The van der Waals surface area contributed by atoms with E-state index in [1.165, 1.54) is 6.20 Å². The first-order chi connectivity index (χ1) is 15.6. The molecule has 32 heavy (non-hydrogen) atoms. The van der Waals surface area contributed by atoms with Crippen molar-refractivity contribution in [2.24, 2.45) is 5.92 Å². The van der Waals surface area contributed by atoms with Crippen LogP contribution in [-0.4, -0.2) is 28.6 Å².